The van der Waals surface area contributed by atoms with Crippen LogP contribution >= 0.6 is 34.8 Å². The third-order valence-electron chi connectivity index (χ3n) is 2.25. The van der Waals surface area contributed by atoms with Gasteiger partial charge in [-0.05, 0) is 24.3 Å². The lowest BCUT2D eigenvalue weighted by Gasteiger charge is -2.11. The second-order valence-corrected chi connectivity index (χ2v) is 4.76. The van der Waals surface area contributed by atoms with E-state index < -0.39 is 5.82 Å². The number of halogens is 4. The highest BCUT2D eigenvalue weighted by Crippen LogP contribution is 2.32. The van der Waals surface area contributed by atoms with Gasteiger partial charge < -0.3 is 10.7 Å². The first kappa shape index (κ1) is 14.1. The van der Waals surface area contributed by atoms with Crippen molar-refractivity contribution in [2.24, 2.45) is 5.84 Å². The standard InChI is InChI=1S/C11H8Cl3FN4/c12-6-2-1-5(15)3-9(6)17-10-7(13)4-8(14)11(18-10)19-16/h1-4H,16H2,(H2,17,18,19). The van der Waals surface area contributed by atoms with E-state index >= 15 is 0 Å². The van der Waals surface area contributed by atoms with E-state index in [2.05, 4.69) is 15.7 Å². The summed E-state index contributed by atoms with van der Waals surface area (Å²) < 4.78 is 13.2. The van der Waals surface area contributed by atoms with E-state index in [-0.39, 0.29) is 21.7 Å². The zero-order valence-corrected chi connectivity index (χ0v) is 11.6. The molecule has 0 unspecified atom stereocenters. The Morgan fingerprint density at radius 1 is 1.00 bits per heavy atom. The molecule has 8 heteroatoms. The van der Waals surface area contributed by atoms with Gasteiger partial charge in [0.1, 0.15) is 5.82 Å². The Morgan fingerprint density at radius 2 is 1.68 bits per heavy atom. The molecule has 2 aromatic rings. The summed E-state index contributed by atoms with van der Waals surface area (Å²) in [5.74, 6) is 5.32. The van der Waals surface area contributed by atoms with Gasteiger partial charge in [-0.3, -0.25) is 0 Å². The first-order valence-electron chi connectivity index (χ1n) is 5.06. The van der Waals surface area contributed by atoms with Gasteiger partial charge in [0.05, 0.1) is 20.8 Å². The van der Waals surface area contributed by atoms with Crippen LogP contribution in [0.5, 0.6) is 0 Å². The van der Waals surface area contributed by atoms with Crippen molar-refractivity contribution in [3.8, 4) is 0 Å². The number of hydrazine groups is 1. The highest BCUT2D eigenvalue weighted by Gasteiger charge is 2.10. The van der Waals surface area contributed by atoms with Crippen LogP contribution in [0.15, 0.2) is 24.3 Å². The molecule has 0 radical (unpaired) electrons. The van der Waals surface area contributed by atoms with Gasteiger partial charge in [-0.15, -0.1) is 0 Å². The third kappa shape index (κ3) is 3.19. The summed E-state index contributed by atoms with van der Waals surface area (Å²) in [5, 5.41) is 3.67. The Balaban J connectivity index is 2.40. The maximum Gasteiger partial charge on any atom is 0.161 e. The number of rotatable bonds is 3. The summed E-state index contributed by atoms with van der Waals surface area (Å²) >= 11 is 17.8. The average Bonchev–Trinajstić information content (AvgIpc) is 2.37. The topological polar surface area (TPSA) is 63.0 Å². The van der Waals surface area contributed by atoms with Crippen LogP contribution in [0.1, 0.15) is 0 Å². The van der Waals surface area contributed by atoms with Gasteiger partial charge in [-0.2, -0.15) is 0 Å². The van der Waals surface area contributed by atoms with E-state index in [1.165, 1.54) is 24.3 Å². The van der Waals surface area contributed by atoms with Crippen molar-refractivity contribution in [1.82, 2.24) is 4.98 Å². The first-order chi connectivity index (χ1) is 9.01. The molecule has 4 nitrogen and oxygen atoms in total. The van der Waals surface area contributed by atoms with Crippen molar-refractivity contribution < 1.29 is 4.39 Å². The minimum atomic E-state index is -0.436. The summed E-state index contributed by atoms with van der Waals surface area (Å²) in [6.07, 6.45) is 0. The van der Waals surface area contributed by atoms with Crippen molar-refractivity contribution >= 4 is 52.1 Å². The van der Waals surface area contributed by atoms with E-state index in [9.17, 15) is 4.39 Å². The number of nitrogens with zero attached hydrogens (tertiary/aromatic N) is 1. The van der Waals surface area contributed by atoms with Crippen LogP contribution in [0.25, 0.3) is 0 Å². The molecule has 0 aliphatic carbocycles. The summed E-state index contributed by atoms with van der Waals surface area (Å²) in [6.45, 7) is 0. The third-order valence-corrected chi connectivity index (χ3v) is 3.15. The van der Waals surface area contributed by atoms with Gasteiger partial charge in [-0.25, -0.2) is 15.2 Å². The molecule has 2 rings (SSSR count). The molecule has 0 aliphatic rings. The number of nitrogen functional groups attached to an aromatic ring is 1. The number of aromatic nitrogens is 1. The lowest BCUT2D eigenvalue weighted by molar-refractivity contribution is 0.628. The van der Waals surface area contributed by atoms with Crippen molar-refractivity contribution in [1.29, 1.82) is 0 Å². The van der Waals surface area contributed by atoms with Gasteiger partial charge in [-0.1, -0.05) is 34.8 Å². The van der Waals surface area contributed by atoms with E-state index in [0.717, 1.165) is 0 Å². The lowest BCUT2D eigenvalue weighted by atomic mass is 10.3. The average molecular weight is 322 g/mol. The van der Waals surface area contributed by atoms with E-state index in [0.29, 0.717) is 10.7 Å². The van der Waals surface area contributed by atoms with Crippen LogP contribution in [0.2, 0.25) is 15.1 Å². The molecule has 0 aliphatic heterocycles. The zero-order valence-electron chi connectivity index (χ0n) is 9.35. The Bertz CT molecular complexity index is 621. The number of hydrogen-bond acceptors (Lipinski definition) is 4. The second-order valence-electron chi connectivity index (χ2n) is 3.54. The molecule has 19 heavy (non-hydrogen) atoms. The predicted octanol–water partition coefficient (Wildman–Crippen LogP) is 4.21. The largest absolute Gasteiger partial charge is 0.338 e. The summed E-state index contributed by atoms with van der Waals surface area (Å²) in [7, 11) is 0. The minimum absolute atomic E-state index is 0.237. The van der Waals surface area contributed by atoms with Gasteiger partial charge in [0.25, 0.3) is 0 Å². The first-order valence-corrected chi connectivity index (χ1v) is 6.19. The second kappa shape index (κ2) is 5.79. The Hall–Kier alpha value is -1.27. The van der Waals surface area contributed by atoms with Crippen LogP contribution in [0.4, 0.5) is 21.7 Å². The molecule has 0 saturated carbocycles. The van der Waals surface area contributed by atoms with Gasteiger partial charge in [0.15, 0.2) is 11.6 Å². The van der Waals surface area contributed by atoms with Crippen molar-refractivity contribution in [3.63, 3.8) is 0 Å². The smallest absolute Gasteiger partial charge is 0.161 e. The fourth-order valence-electron chi connectivity index (χ4n) is 1.38. The highest BCUT2D eigenvalue weighted by molar-refractivity contribution is 6.37. The van der Waals surface area contributed by atoms with Gasteiger partial charge >= 0.3 is 0 Å². The number of pyridine rings is 1. The SMILES string of the molecule is NNc1nc(Nc2cc(F)ccc2Cl)c(Cl)cc1Cl. The molecule has 100 valence electrons. The number of benzene rings is 1. The normalized spacial score (nSPS) is 10.4. The summed E-state index contributed by atoms with van der Waals surface area (Å²) in [6, 6.07) is 5.35. The van der Waals surface area contributed by atoms with Gasteiger partial charge in [0.2, 0.25) is 0 Å². The summed E-state index contributed by atoms with van der Waals surface area (Å²) in [4.78, 5) is 4.06. The lowest BCUT2D eigenvalue weighted by Crippen LogP contribution is -2.10. The van der Waals surface area contributed by atoms with Gasteiger partial charge in [0, 0.05) is 0 Å². The minimum Gasteiger partial charge on any atom is -0.338 e. The van der Waals surface area contributed by atoms with Crippen molar-refractivity contribution in [2.45, 2.75) is 0 Å². The molecular formula is C11H8Cl3FN4. The number of hydrogen-bond donors (Lipinski definition) is 3. The van der Waals surface area contributed by atoms with E-state index in [4.69, 9.17) is 40.6 Å². The van der Waals surface area contributed by atoms with E-state index in [1.54, 1.807) is 0 Å². The van der Waals surface area contributed by atoms with Crippen molar-refractivity contribution in [3.05, 3.63) is 45.2 Å². The predicted molar refractivity (Wildman–Crippen MR) is 76.8 cm³/mol. The molecule has 0 saturated heterocycles. The molecule has 0 amide bonds. The molecule has 0 atom stereocenters. The molecule has 4 N–H and O–H groups in total. The Kier molecular flexibility index (Phi) is 4.31. The number of nitrogens with two attached hydrogens (primary N) is 1. The van der Waals surface area contributed by atoms with E-state index in [1.807, 2.05) is 0 Å². The van der Waals surface area contributed by atoms with Crippen LogP contribution in [-0.4, -0.2) is 4.98 Å². The van der Waals surface area contributed by atoms with Crippen molar-refractivity contribution in [2.75, 3.05) is 10.7 Å². The number of nitrogens with one attached hydrogen (secondary N) is 2. The Morgan fingerprint density at radius 3 is 2.37 bits per heavy atom. The quantitative estimate of drug-likeness (QED) is 0.585. The highest BCUT2D eigenvalue weighted by atomic mass is 35.5. The monoisotopic (exact) mass is 320 g/mol. The molecule has 0 spiro atoms. The fraction of sp³-hybridized carbons (Fsp3) is 0. The van der Waals surface area contributed by atoms with Crippen LogP contribution in [0.3, 0.4) is 0 Å². The molecule has 0 fully saturated rings. The summed E-state index contributed by atoms with van der Waals surface area (Å²) in [5.41, 5.74) is 2.66. The maximum atomic E-state index is 13.2. The molecule has 1 heterocycles. The zero-order chi connectivity index (χ0) is 14.0. The molecular weight excluding hydrogens is 314 g/mol. The molecule has 1 aromatic carbocycles. The van der Waals surface area contributed by atoms with Crippen LogP contribution in [-0.2, 0) is 0 Å². The van der Waals surface area contributed by atoms with Crippen LogP contribution < -0.4 is 16.6 Å². The molecule has 0 bridgehead atoms. The van der Waals surface area contributed by atoms with Crippen LogP contribution in [0, 0.1) is 5.82 Å². The molecule has 1 aromatic heterocycles. The fourth-order valence-corrected chi connectivity index (χ4v) is 2.00. The maximum absolute atomic E-state index is 13.2. The Labute approximate surface area is 123 Å². The number of anilines is 3.